The topological polar surface area (TPSA) is 33.1 Å². The number of nitrogens with zero attached hydrogens (tertiary/aromatic N) is 1. The molecule has 1 atom stereocenters. The monoisotopic (exact) mass is 275 g/mol. The Morgan fingerprint density at radius 1 is 1.16 bits per heavy atom. The second-order valence-electron chi connectivity index (χ2n) is 5.97. The lowest BCUT2D eigenvalue weighted by atomic mass is 9.86. The maximum atomic E-state index is 9.61. The zero-order chi connectivity index (χ0) is 14.2. The standard InChI is InChI=1S/C16H21NOS/c1-10-14(19-15(17-10)11(2)18)12-6-8-13(9-7-12)16(3,4)5/h6-9,11,18H,1-5H3. The van der Waals surface area contributed by atoms with E-state index in [0.29, 0.717) is 0 Å². The van der Waals surface area contributed by atoms with Gasteiger partial charge >= 0.3 is 0 Å². The Kier molecular flexibility index (Phi) is 3.79. The molecule has 0 saturated carbocycles. The first-order chi connectivity index (χ1) is 8.79. The summed E-state index contributed by atoms with van der Waals surface area (Å²) < 4.78 is 0. The van der Waals surface area contributed by atoms with Crippen LogP contribution in [0.25, 0.3) is 10.4 Å². The number of rotatable bonds is 2. The number of benzene rings is 1. The number of aryl methyl sites for hydroxylation is 1. The van der Waals surface area contributed by atoms with Gasteiger partial charge in [-0.3, -0.25) is 0 Å². The van der Waals surface area contributed by atoms with E-state index < -0.39 is 6.10 Å². The Hall–Kier alpha value is -1.19. The summed E-state index contributed by atoms with van der Waals surface area (Å²) in [6, 6.07) is 8.65. The Morgan fingerprint density at radius 3 is 2.16 bits per heavy atom. The molecule has 0 amide bonds. The summed E-state index contributed by atoms with van der Waals surface area (Å²) in [5, 5.41) is 10.4. The average Bonchev–Trinajstić information content (AvgIpc) is 2.70. The third kappa shape index (κ3) is 3.04. The van der Waals surface area contributed by atoms with Crippen molar-refractivity contribution < 1.29 is 5.11 Å². The quantitative estimate of drug-likeness (QED) is 0.877. The predicted molar refractivity (Wildman–Crippen MR) is 81.6 cm³/mol. The Balaban J connectivity index is 2.37. The molecule has 0 fully saturated rings. The minimum Gasteiger partial charge on any atom is -0.386 e. The van der Waals surface area contributed by atoms with Gasteiger partial charge in [0.05, 0.1) is 10.6 Å². The summed E-state index contributed by atoms with van der Waals surface area (Å²) in [4.78, 5) is 5.58. The molecule has 0 aliphatic heterocycles. The molecule has 0 radical (unpaired) electrons. The molecule has 1 heterocycles. The molecular formula is C16H21NOS. The molecule has 1 unspecified atom stereocenters. The van der Waals surface area contributed by atoms with E-state index in [9.17, 15) is 5.11 Å². The first-order valence-electron chi connectivity index (χ1n) is 6.55. The zero-order valence-electron chi connectivity index (χ0n) is 12.2. The zero-order valence-corrected chi connectivity index (χ0v) is 13.0. The molecule has 19 heavy (non-hydrogen) atoms. The van der Waals surface area contributed by atoms with Crippen LogP contribution in [0.1, 0.15) is 50.1 Å². The summed E-state index contributed by atoms with van der Waals surface area (Å²) in [5.74, 6) is 0. The number of hydrogen-bond acceptors (Lipinski definition) is 3. The molecule has 0 bridgehead atoms. The number of aliphatic hydroxyl groups excluding tert-OH is 1. The minimum absolute atomic E-state index is 0.173. The molecule has 2 rings (SSSR count). The third-order valence-electron chi connectivity index (χ3n) is 3.18. The maximum Gasteiger partial charge on any atom is 0.122 e. The van der Waals surface area contributed by atoms with Crippen LogP contribution in [0.2, 0.25) is 0 Å². The molecule has 2 aromatic rings. The van der Waals surface area contributed by atoms with E-state index in [2.05, 4.69) is 50.0 Å². The molecular weight excluding hydrogens is 254 g/mol. The predicted octanol–water partition coefficient (Wildman–Crippen LogP) is 4.47. The van der Waals surface area contributed by atoms with E-state index in [4.69, 9.17) is 0 Å². The lowest BCUT2D eigenvalue weighted by Crippen LogP contribution is -2.10. The van der Waals surface area contributed by atoms with Crippen LogP contribution in [0, 0.1) is 6.92 Å². The summed E-state index contributed by atoms with van der Waals surface area (Å²) in [6.45, 7) is 10.4. The number of thiazole rings is 1. The highest BCUT2D eigenvalue weighted by Crippen LogP contribution is 2.33. The van der Waals surface area contributed by atoms with E-state index in [0.717, 1.165) is 15.6 Å². The molecule has 0 saturated heterocycles. The fraction of sp³-hybridized carbons (Fsp3) is 0.438. The average molecular weight is 275 g/mol. The second kappa shape index (κ2) is 5.06. The molecule has 3 heteroatoms. The van der Waals surface area contributed by atoms with Crippen LogP contribution >= 0.6 is 11.3 Å². The van der Waals surface area contributed by atoms with Crippen molar-refractivity contribution in [1.29, 1.82) is 0 Å². The van der Waals surface area contributed by atoms with Gasteiger partial charge in [0.2, 0.25) is 0 Å². The lowest BCUT2D eigenvalue weighted by Gasteiger charge is -2.19. The summed E-state index contributed by atoms with van der Waals surface area (Å²) in [5.41, 5.74) is 3.67. The van der Waals surface area contributed by atoms with Crippen molar-refractivity contribution in [3.8, 4) is 10.4 Å². The van der Waals surface area contributed by atoms with Crippen molar-refractivity contribution in [3.05, 3.63) is 40.5 Å². The van der Waals surface area contributed by atoms with Crippen LogP contribution in [0.4, 0.5) is 0 Å². The molecule has 0 spiro atoms. The van der Waals surface area contributed by atoms with Gasteiger partial charge in [-0.2, -0.15) is 0 Å². The van der Waals surface area contributed by atoms with E-state index in [-0.39, 0.29) is 5.41 Å². The van der Waals surface area contributed by atoms with E-state index in [1.807, 2.05) is 6.92 Å². The normalized spacial score (nSPS) is 13.6. The van der Waals surface area contributed by atoms with Gasteiger partial charge in [-0.1, -0.05) is 45.0 Å². The highest BCUT2D eigenvalue weighted by atomic mass is 32.1. The fourth-order valence-electron chi connectivity index (χ4n) is 1.99. The fourth-order valence-corrected chi connectivity index (χ4v) is 2.99. The molecule has 2 nitrogen and oxygen atoms in total. The molecule has 1 aromatic carbocycles. The van der Waals surface area contributed by atoms with Crippen molar-refractivity contribution in [2.45, 2.75) is 46.1 Å². The molecule has 1 N–H and O–H groups in total. The van der Waals surface area contributed by atoms with Gasteiger partial charge in [-0.15, -0.1) is 11.3 Å². The van der Waals surface area contributed by atoms with Gasteiger partial charge < -0.3 is 5.11 Å². The molecule has 1 aromatic heterocycles. The SMILES string of the molecule is Cc1nc(C(C)O)sc1-c1ccc(C(C)(C)C)cc1. The van der Waals surface area contributed by atoms with E-state index in [1.54, 1.807) is 18.3 Å². The summed E-state index contributed by atoms with van der Waals surface area (Å²) in [6.07, 6.45) is -0.494. The van der Waals surface area contributed by atoms with Crippen molar-refractivity contribution >= 4 is 11.3 Å². The first kappa shape index (κ1) is 14.2. The Bertz CT molecular complexity index is 561. The van der Waals surface area contributed by atoms with E-state index in [1.165, 1.54) is 11.1 Å². The van der Waals surface area contributed by atoms with Crippen molar-refractivity contribution in [2.24, 2.45) is 0 Å². The Labute approximate surface area is 119 Å². The van der Waals surface area contributed by atoms with Crippen molar-refractivity contribution in [1.82, 2.24) is 4.98 Å². The lowest BCUT2D eigenvalue weighted by molar-refractivity contribution is 0.198. The van der Waals surface area contributed by atoms with Crippen LogP contribution < -0.4 is 0 Å². The van der Waals surface area contributed by atoms with Gasteiger partial charge in [0, 0.05) is 0 Å². The molecule has 0 aliphatic carbocycles. The van der Waals surface area contributed by atoms with E-state index >= 15 is 0 Å². The van der Waals surface area contributed by atoms with Gasteiger partial charge in [-0.05, 0) is 30.4 Å². The Morgan fingerprint density at radius 2 is 1.74 bits per heavy atom. The smallest absolute Gasteiger partial charge is 0.122 e. The molecule has 0 aliphatic rings. The van der Waals surface area contributed by atoms with Crippen molar-refractivity contribution in [2.75, 3.05) is 0 Å². The van der Waals surface area contributed by atoms with Gasteiger partial charge in [0.1, 0.15) is 11.1 Å². The third-order valence-corrected chi connectivity index (χ3v) is 4.56. The largest absolute Gasteiger partial charge is 0.386 e. The maximum absolute atomic E-state index is 9.61. The van der Waals surface area contributed by atoms with Crippen molar-refractivity contribution in [3.63, 3.8) is 0 Å². The van der Waals surface area contributed by atoms with Gasteiger partial charge in [0.25, 0.3) is 0 Å². The summed E-state index contributed by atoms with van der Waals surface area (Å²) >= 11 is 1.57. The molecule has 102 valence electrons. The highest BCUT2D eigenvalue weighted by molar-refractivity contribution is 7.15. The van der Waals surface area contributed by atoms with Crippen LogP contribution in [-0.2, 0) is 5.41 Å². The number of aliphatic hydroxyl groups is 1. The minimum atomic E-state index is -0.494. The van der Waals surface area contributed by atoms with Gasteiger partial charge in [-0.25, -0.2) is 4.98 Å². The van der Waals surface area contributed by atoms with Gasteiger partial charge in [0.15, 0.2) is 0 Å². The second-order valence-corrected chi connectivity index (χ2v) is 7.00. The highest BCUT2D eigenvalue weighted by Gasteiger charge is 2.15. The first-order valence-corrected chi connectivity index (χ1v) is 7.37. The van der Waals surface area contributed by atoms with Crippen LogP contribution in [0.15, 0.2) is 24.3 Å². The summed E-state index contributed by atoms with van der Waals surface area (Å²) in [7, 11) is 0. The number of hydrogen-bond donors (Lipinski definition) is 1. The van der Waals surface area contributed by atoms with Crippen LogP contribution in [-0.4, -0.2) is 10.1 Å². The number of aromatic nitrogens is 1. The van der Waals surface area contributed by atoms with Crippen LogP contribution in [0.5, 0.6) is 0 Å². The van der Waals surface area contributed by atoms with Crippen LogP contribution in [0.3, 0.4) is 0 Å².